The maximum Gasteiger partial charge on any atom is 0.407 e. The second-order valence-electron chi connectivity index (χ2n) is 16.1. The van der Waals surface area contributed by atoms with E-state index in [4.69, 9.17) is 4.74 Å². The number of fused-ring (bicyclic) bond motifs is 2. The third-order valence-corrected chi connectivity index (χ3v) is 11.3. The number of aromatic amines is 2. The largest absolute Gasteiger partial charge is 0.453 e. The van der Waals surface area contributed by atoms with Gasteiger partial charge >= 0.3 is 12.2 Å². The summed E-state index contributed by atoms with van der Waals surface area (Å²) in [5.41, 5.74) is 2.98. The minimum absolute atomic E-state index is 0.0775. The van der Waals surface area contributed by atoms with Gasteiger partial charge < -0.3 is 39.9 Å². The Morgan fingerprint density at radius 3 is 2.00 bits per heavy atom. The van der Waals surface area contributed by atoms with Gasteiger partial charge in [-0.25, -0.2) is 28.3 Å². The van der Waals surface area contributed by atoms with Crippen molar-refractivity contribution in [1.82, 2.24) is 40.4 Å². The minimum Gasteiger partial charge on any atom is -0.453 e. The third-order valence-electron chi connectivity index (χ3n) is 11.3. The number of methoxy groups -OCH3 is 2. The zero-order valence-corrected chi connectivity index (χ0v) is 34.2. The van der Waals surface area contributed by atoms with Gasteiger partial charge in [-0.3, -0.25) is 14.4 Å². The Balaban J connectivity index is 1.13. The highest BCUT2D eigenvalue weighted by Gasteiger charge is 2.50. The van der Waals surface area contributed by atoms with Gasteiger partial charge in [-0.2, -0.15) is 0 Å². The molecule has 4 heterocycles. The van der Waals surface area contributed by atoms with Gasteiger partial charge in [0.2, 0.25) is 11.8 Å². The van der Waals surface area contributed by atoms with Gasteiger partial charge in [0.05, 0.1) is 55.6 Å². The van der Waals surface area contributed by atoms with Crippen LogP contribution in [-0.4, -0.2) is 99.1 Å². The standard InChI is InChI=1S/C43H48F2N8O7/c1-22(2)34(49-41(57)59-5)39(55)52-15-7-8-32(52)36-46-20-31(48-36)28-12-11-24-16-25(9-10-26(24)17-28)27-13-14-29-30(18-27)47-37(51-38(29)54)33-19-43(44,45)21-53(33)40(56)35(23(3)4)50-42(58)60-6/h9-14,16-18,20,22-23,32-35H,7-8,15,19,21H2,1-6H3,(H,46,48)(H,49,57)(H,50,58)(H,47,51,54)/t32-,33+,34-,35-/m1/s1. The Morgan fingerprint density at radius 1 is 0.783 bits per heavy atom. The Labute approximate surface area is 344 Å². The molecule has 5 aromatic rings. The molecule has 2 aromatic heterocycles. The number of nitrogens with zero attached hydrogens (tertiary/aromatic N) is 4. The molecule has 2 aliphatic heterocycles. The molecule has 3 aromatic carbocycles. The van der Waals surface area contributed by atoms with Crippen molar-refractivity contribution in [3.05, 3.63) is 82.8 Å². The second kappa shape index (κ2) is 16.7. The van der Waals surface area contributed by atoms with Crippen LogP contribution in [0.15, 0.2) is 65.6 Å². The van der Waals surface area contributed by atoms with E-state index in [9.17, 15) is 32.8 Å². The number of imidazole rings is 1. The van der Waals surface area contributed by atoms with Crippen molar-refractivity contribution in [2.45, 2.75) is 77.0 Å². The lowest BCUT2D eigenvalue weighted by Crippen LogP contribution is -2.51. The lowest BCUT2D eigenvalue weighted by atomic mass is 9.98. The predicted molar refractivity (Wildman–Crippen MR) is 219 cm³/mol. The fourth-order valence-corrected chi connectivity index (χ4v) is 8.10. The Hall–Kier alpha value is -6.39. The Bertz CT molecular complexity index is 2520. The smallest absolute Gasteiger partial charge is 0.407 e. The van der Waals surface area contributed by atoms with Crippen molar-refractivity contribution < 1.29 is 37.4 Å². The number of halogens is 2. The molecule has 0 radical (unpaired) electrons. The molecule has 2 fully saturated rings. The van der Waals surface area contributed by atoms with E-state index in [1.807, 2.05) is 50.2 Å². The van der Waals surface area contributed by atoms with Crippen molar-refractivity contribution in [1.29, 1.82) is 0 Å². The van der Waals surface area contributed by atoms with E-state index in [0.29, 0.717) is 12.4 Å². The molecule has 316 valence electrons. The number of rotatable bonds is 10. The van der Waals surface area contributed by atoms with Crippen molar-refractivity contribution in [3.63, 3.8) is 0 Å². The molecule has 7 rings (SSSR count). The van der Waals surface area contributed by atoms with E-state index in [0.717, 1.165) is 58.0 Å². The first kappa shape index (κ1) is 41.8. The summed E-state index contributed by atoms with van der Waals surface area (Å²) in [6.45, 7) is 6.74. The Kier molecular flexibility index (Phi) is 11.6. The first-order valence-electron chi connectivity index (χ1n) is 19.9. The number of alkyl carbamates (subject to hydrolysis) is 2. The molecule has 0 spiro atoms. The maximum absolute atomic E-state index is 15.0. The number of carbonyl (C=O) groups excluding carboxylic acids is 4. The molecule has 0 saturated carbocycles. The highest BCUT2D eigenvalue weighted by Crippen LogP contribution is 2.41. The van der Waals surface area contributed by atoms with Crippen LogP contribution in [0.25, 0.3) is 44.1 Å². The maximum atomic E-state index is 15.0. The summed E-state index contributed by atoms with van der Waals surface area (Å²) in [6, 6.07) is 13.6. The number of likely N-dealkylation sites (tertiary alicyclic amines) is 2. The molecule has 2 saturated heterocycles. The first-order chi connectivity index (χ1) is 28.6. The van der Waals surface area contributed by atoms with Crippen LogP contribution in [0.2, 0.25) is 0 Å². The van der Waals surface area contributed by atoms with Gasteiger partial charge in [0.15, 0.2) is 0 Å². The number of nitrogens with one attached hydrogen (secondary N) is 4. The normalized spacial score (nSPS) is 18.6. The summed E-state index contributed by atoms with van der Waals surface area (Å²) < 4.78 is 39.3. The third kappa shape index (κ3) is 8.38. The Morgan fingerprint density at radius 2 is 1.37 bits per heavy atom. The van der Waals surface area contributed by atoms with E-state index < -0.39 is 66.6 Å². The first-order valence-corrected chi connectivity index (χ1v) is 19.9. The zero-order chi connectivity index (χ0) is 43.0. The molecule has 4 amide bonds. The quantitative estimate of drug-likeness (QED) is 0.122. The number of hydrogen-bond acceptors (Lipinski definition) is 9. The average Bonchev–Trinajstić information content (AvgIpc) is 3.99. The predicted octanol–water partition coefficient (Wildman–Crippen LogP) is 6.47. The summed E-state index contributed by atoms with van der Waals surface area (Å²) in [6.07, 6.45) is 0.996. The molecule has 4 atom stereocenters. The molecule has 0 bridgehead atoms. The van der Waals surface area contributed by atoms with E-state index in [1.54, 1.807) is 43.1 Å². The highest BCUT2D eigenvalue weighted by molar-refractivity contribution is 5.92. The van der Waals surface area contributed by atoms with E-state index in [2.05, 4.69) is 35.3 Å². The molecule has 0 unspecified atom stereocenters. The fraction of sp³-hybridized carbons (Fsp3) is 0.419. The lowest BCUT2D eigenvalue weighted by Gasteiger charge is -2.30. The van der Waals surface area contributed by atoms with Gasteiger partial charge in [-0.15, -0.1) is 0 Å². The van der Waals surface area contributed by atoms with Gasteiger partial charge in [-0.05, 0) is 70.8 Å². The van der Waals surface area contributed by atoms with Crippen molar-refractivity contribution >= 4 is 45.7 Å². The van der Waals surface area contributed by atoms with Gasteiger partial charge in [0, 0.05) is 18.5 Å². The number of aromatic nitrogens is 4. The van der Waals surface area contributed by atoms with E-state index in [-0.39, 0.29) is 34.6 Å². The van der Waals surface area contributed by atoms with Crippen molar-refractivity contribution in [2.24, 2.45) is 11.8 Å². The second-order valence-corrected chi connectivity index (χ2v) is 16.1. The van der Waals surface area contributed by atoms with Crippen LogP contribution in [0.5, 0.6) is 0 Å². The lowest BCUT2D eigenvalue weighted by molar-refractivity contribution is -0.137. The summed E-state index contributed by atoms with van der Waals surface area (Å²) >= 11 is 0. The van der Waals surface area contributed by atoms with E-state index >= 15 is 0 Å². The monoisotopic (exact) mass is 826 g/mol. The number of H-pyrrole nitrogens is 2. The van der Waals surface area contributed by atoms with Crippen LogP contribution in [0.3, 0.4) is 0 Å². The SMILES string of the molecule is COC(=O)N[C@@H](C(=O)N1CCC[C@@H]1c1ncc(-c2ccc3cc(-c4ccc5c(=O)[nH]c([C@@H]6CC(F)(F)CN6C(=O)[C@H](NC(=O)OC)C(C)C)nc5c4)ccc3c2)[nH]1)C(C)C. The molecule has 60 heavy (non-hydrogen) atoms. The van der Waals surface area contributed by atoms with Gasteiger partial charge in [-0.1, -0.05) is 58.0 Å². The van der Waals surface area contributed by atoms with Crippen molar-refractivity contribution in [3.8, 4) is 22.4 Å². The average molecular weight is 827 g/mol. The van der Waals surface area contributed by atoms with Crippen LogP contribution in [-0.2, 0) is 19.1 Å². The number of hydrogen-bond donors (Lipinski definition) is 4. The van der Waals surface area contributed by atoms with Crippen LogP contribution < -0.4 is 16.2 Å². The van der Waals surface area contributed by atoms with Gasteiger partial charge in [0.1, 0.15) is 23.7 Å². The summed E-state index contributed by atoms with van der Waals surface area (Å²) in [7, 11) is 2.41. The van der Waals surface area contributed by atoms with Crippen LogP contribution in [0.4, 0.5) is 18.4 Å². The topological polar surface area (TPSA) is 192 Å². The fourth-order valence-electron chi connectivity index (χ4n) is 8.10. The molecule has 4 N–H and O–H groups in total. The summed E-state index contributed by atoms with van der Waals surface area (Å²) in [5.74, 6) is -4.19. The van der Waals surface area contributed by atoms with Crippen LogP contribution >= 0.6 is 0 Å². The molecular weight excluding hydrogens is 779 g/mol. The van der Waals surface area contributed by atoms with E-state index in [1.165, 1.54) is 7.11 Å². The molecule has 0 aliphatic carbocycles. The van der Waals surface area contributed by atoms with Crippen LogP contribution in [0, 0.1) is 11.8 Å². The minimum atomic E-state index is -3.26. The molecular formula is C43H48F2N8O7. The highest BCUT2D eigenvalue weighted by atomic mass is 19.3. The number of carbonyl (C=O) groups is 4. The molecule has 2 aliphatic rings. The molecule has 17 heteroatoms. The summed E-state index contributed by atoms with van der Waals surface area (Å²) in [4.78, 5) is 82.6. The van der Waals surface area contributed by atoms with Gasteiger partial charge in [0.25, 0.3) is 11.5 Å². The summed E-state index contributed by atoms with van der Waals surface area (Å²) in [5, 5.41) is 7.25. The number of benzene rings is 3. The molecule has 15 nitrogen and oxygen atoms in total. The number of amides is 4. The van der Waals surface area contributed by atoms with Crippen LogP contribution in [0.1, 0.15) is 70.7 Å². The number of alkyl halides is 2. The number of ether oxygens (including phenoxy) is 2. The zero-order valence-electron chi connectivity index (χ0n) is 34.2. The van der Waals surface area contributed by atoms with Crippen molar-refractivity contribution in [2.75, 3.05) is 27.3 Å².